The Morgan fingerprint density at radius 1 is 1.20 bits per heavy atom. The summed E-state index contributed by atoms with van der Waals surface area (Å²) in [4.78, 5) is 15.4. The van der Waals surface area contributed by atoms with E-state index in [1.165, 1.54) is 24.5 Å². The Labute approximate surface area is 172 Å². The standard InChI is InChI=1S/C23H20F2N2O3/c24-16-4-7-22(20(25)11-16)30-17-5-6-18-14(10-17)2-1-3-15(18)12-27-21-13-26-9-8-19(21)23(28)29/h4-11,13,15,27H,1-3,12H2,(H,28,29)/t15-/m0/s1. The van der Waals surface area contributed by atoms with Crippen LogP contribution in [0.1, 0.15) is 40.2 Å². The largest absolute Gasteiger partial charge is 0.478 e. The normalized spacial score (nSPS) is 15.3. The van der Waals surface area contributed by atoms with E-state index in [0.717, 1.165) is 42.5 Å². The van der Waals surface area contributed by atoms with Gasteiger partial charge in [0.1, 0.15) is 11.6 Å². The summed E-state index contributed by atoms with van der Waals surface area (Å²) in [6.07, 6.45) is 5.79. The van der Waals surface area contributed by atoms with Gasteiger partial charge in [0, 0.05) is 24.7 Å². The van der Waals surface area contributed by atoms with E-state index in [4.69, 9.17) is 4.74 Å². The zero-order valence-electron chi connectivity index (χ0n) is 16.1. The number of carbonyl (C=O) groups is 1. The molecule has 0 saturated carbocycles. The van der Waals surface area contributed by atoms with Crippen molar-refractivity contribution >= 4 is 11.7 Å². The van der Waals surface area contributed by atoms with Gasteiger partial charge in [0.05, 0.1) is 17.4 Å². The maximum absolute atomic E-state index is 13.9. The summed E-state index contributed by atoms with van der Waals surface area (Å²) in [5.74, 6) is -1.73. The minimum atomic E-state index is -1.00. The van der Waals surface area contributed by atoms with Gasteiger partial charge in [-0.3, -0.25) is 4.98 Å². The number of carboxylic acids is 1. The van der Waals surface area contributed by atoms with Crippen LogP contribution in [0.25, 0.3) is 0 Å². The van der Waals surface area contributed by atoms with Gasteiger partial charge in [-0.05, 0) is 60.7 Å². The predicted molar refractivity (Wildman–Crippen MR) is 108 cm³/mol. The molecule has 1 aliphatic carbocycles. The lowest BCUT2D eigenvalue weighted by molar-refractivity contribution is 0.0697. The summed E-state index contributed by atoms with van der Waals surface area (Å²) in [5.41, 5.74) is 2.94. The molecule has 1 aliphatic rings. The number of nitrogens with zero attached hydrogens (tertiary/aromatic N) is 1. The highest BCUT2D eigenvalue weighted by Gasteiger charge is 2.22. The molecule has 3 aromatic rings. The molecule has 0 amide bonds. The van der Waals surface area contributed by atoms with Gasteiger partial charge in [-0.1, -0.05) is 6.07 Å². The number of pyridine rings is 1. The molecule has 2 N–H and O–H groups in total. The fraction of sp³-hybridized carbons (Fsp3) is 0.217. The monoisotopic (exact) mass is 410 g/mol. The Balaban J connectivity index is 1.50. The maximum Gasteiger partial charge on any atom is 0.337 e. The van der Waals surface area contributed by atoms with Gasteiger partial charge in [0.15, 0.2) is 11.6 Å². The van der Waals surface area contributed by atoms with Gasteiger partial charge in [-0.15, -0.1) is 0 Å². The summed E-state index contributed by atoms with van der Waals surface area (Å²) >= 11 is 0. The van der Waals surface area contributed by atoms with Crippen molar-refractivity contribution in [3.05, 3.63) is 83.2 Å². The van der Waals surface area contributed by atoms with Crippen molar-refractivity contribution < 1.29 is 23.4 Å². The third-order valence-corrected chi connectivity index (χ3v) is 5.27. The van der Waals surface area contributed by atoms with E-state index in [-0.39, 0.29) is 17.2 Å². The molecule has 4 rings (SSSR count). The molecule has 2 aromatic carbocycles. The molecular weight excluding hydrogens is 390 g/mol. The van der Waals surface area contributed by atoms with Crippen molar-refractivity contribution in [2.75, 3.05) is 11.9 Å². The highest BCUT2D eigenvalue weighted by Crippen LogP contribution is 2.35. The van der Waals surface area contributed by atoms with Crippen molar-refractivity contribution in [1.29, 1.82) is 0 Å². The molecule has 0 unspecified atom stereocenters. The molecule has 5 nitrogen and oxygen atoms in total. The SMILES string of the molecule is O=C(O)c1ccncc1NC[C@@H]1CCCc2cc(Oc3ccc(F)cc3F)ccc21. The van der Waals surface area contributed by atoms with Gasteiger partial charge >= 0.3 is 5.97 Å². The number of ether oxygens (including phenoxy) is 1. The van der Waals surface area contributed by atoms with Crippen LogP contribution in [0.5, 0.6) is 11.5 Å². The van der Waals surface area contributed by atoms with Gasteiger partial charge in [0.2, 0.25) is 0 Å². The first-order valence-electron chi connectivity index (χ1n) is 9.68. The van der Waals surface area contributed by atoms with Crippen LogP contribution in [0.3, 0.4) is 0 Å². The van der Waals surface area contributed by atoms with E-state index in [1.54, 1.807) is 6.07 Å². The average Bonchev–Trinajstić information content (AvgIpc) is 2.74. The number of fused-ring (bicyclic) bond motifs is 1. The second-order valence-corrected chi connectivity index (χ2v) is 7.23. The van der Waals surface area contributed by atoms with Crippen molar-refractivity contribution in [3.63, 3.8) is 0 Å². The Bertz CT molecular complexity index is 1090. The van der Waals surface area contributed by atoms with E-state index >= 15 is 0 Å². The van der Waals surface area contributed by atoms with Gasteiger partial charge in [-0.25, -0.2) is 13.6 Å². The first-order chi connectivity index (χ1) is 14.5. The highest BCUT2D eigenvalue weighted by atomic mass is 19.1. The predicted octanol–water partition coefficient (Wildman–Crippen LogP) is 5.38. The molecule has 0 spiro atoms. The molecule has 0 fully saturated rings. The summed E-state index contributed by atoms with van der Waals surface area (Å²) in [5, 5.41) is 12.5. The zero-order valence-corrected chi connectivity index (χ0v) is 16.1. The van der Waals surface area contributed by atoms with Gasteiger partial charge in [0.25, 0.3) is 0 Å². The molecule has 30 heavy (non-hydrogen) atoms. The Hall–Kier alpha value is -3.48. The zero-order chi connectivity index (χ0) is 21.1. The van der Waals surface area contributed by atoms with Crippen molar-refractivity contribution in [2.24, 2.45) is 0 Å². The fourth-order valence-electron chi connectivity index (χ4n) is 3.81. The molecule has 0 radical (unpaired) electrons. The number of nitrogens with one attached hydrogen (secondary N) is 1. The number of aromatic carboxylic acids is 1. The number of aromatic nitrogens is 1. The molecule has 154 valence electrons. The van der Waals surface area contributed by atoms with Crippen LogP contribution in [0.2, 0.25) is 0 Å². The number of benzene rings is 2. The number of rotatable bonds is 6. The second kappa shape index (κ2) is 8.49. The minimum absolute atomic E-state index is 0.0249. The Morgan fingerprint density at radius 3 is 2.87 bits per heavy atom. The third kappa shape index (κ3) is 4.25. The number of hydrogen-bond donors (Lipinski definition) is 2. The van der Waals surface area contributed by atoms with Gasteiger partial charge < -0.3 is 15.2 Å². The van der Waals surface area contributed by atoms with E-state index in [0.29, 0.717) is 18.0 Å². The average molecular weight is 410 g/mol. The molecule has 1 aromatic heterocycles. The topological polar surface area (TPSA) is 71.5 Å². The van der Waals surface area contributed by atoms with Crippen LogP contribution in [0.15, 0.2) is 54.9 Å². The van der Waals surface area contributed by atoms with Crippen LogP contribution in [0.4, 0.5) is 14.5 Å². The Morgan fingerprint density at radius 2 is 2.07 bits per heavy atom. The second-order valence-electron chi connectivity index (χ2n) is 7.23. The van der Waals surface area contributed by atoms with Crippen LogP contribution in [0, 0.1) is 11.6 Å². The summed E-state index contributed by atoms with van der Waals surface area (Å²) in [6, 6.07) is 10.3. The number of hydrogen-bond acceptors (Lipinski definition) is 4. The van der Waals surface area contributed by atoms with Crippen molar-refractivity contribution in [3.8, 4) is 11.5 Å². The summed E-state index contributed by atoms with van der Waals surface area (Å²) in [6.45, 7) is 0.575. The number of aryl methyl sites for hydroxylation is 1. The minimum Gasteiger partial charge on any atom is -0.478 e. The third-order valence-electron chi connectivity index (χ3n) is 5.27. The molecule has 0 bridgehead atoms. The lowest BCUT2D eigenvalue weighted by atomic mass is 9.82. The van der Waals surface area contributed by atoms with E-state index < -0.39 is 17.6 Å². The first-order valence-corrected chi connectivity index (χ1v) is 9.68. The van der Waals surface area contributed by atoms with E-state index in [1.807, 2.05) is 12.1 Å². The van der Waals surface area contributed by atoms with E-state index in [9.17, 15) is 18.7 Å². The van der Waals surface area contributed by atoms with Gasteiger partial charge in [-0.2, -0.15) is 0 Å². The molecule has 1 atom stereocenters. The van der Waals surface area contributed by atoms with Crippen LogP contribution < -0.4 is 10.1 Å². The maximum atomic E-state index is 13.9. The summed E-state index contributed by atoms with van der Waals surface area (Å²) < 4.78 is 32.6. The van der Waals surface area contributed by atoms with E-state index in [2.05, 4.69) is 10.3 Å². The van der Waals surface area contributed by atoms with Crippen LogP contribution in [-0.2, 0) is 6.42 Å². The molecule has 1 heterocycles. The van der Waals surface area contributed by atoms with Crippen molar-refractivity contribution in [2.45, 2.75) is 25.2 Å². The number of halogens is 2. The number of carboxylic acid groups (broad SMARTS) is 1. The fourth-order valence-corrected chi connectivity index (χ4v) is 3.81. The molecule has 0 aliphatic heterocycles. The number of anilines is 1. The molecule has 0 saturated heterocycles. The lowest BCUT2D eigenvalue weighted by Gasteiger charge is -2.27. The molecule has 7 heteroatoms. The lowest BCUT2D eigenvalue weighted by Crippen LogP contribution is -2.19. The van der Waals surface area contributed by atoms with Crippen LogP contribution >= 0.6 is 0 Å². The molecular formula is C23H20F2N2O3. The first kappa shape index (κ1) is 19.8. The highest BCUT2D eigenvalue weighted by molar-refractivity contribution is 5.93. The van der Waals surface area contributed by atoms with Crippen LogP contribution in [-0.4, -0.2) is 22.6 Å². The smallest absolute Gasteiger partial charge is 0.337 e. The quantitative estimate of drug-likeness (QED) is 0.571. The summed E-state index contributed by atoms with van der Waals surface area (Å²) in [7, 11) is 0. The Kier molecular flexibility index (Phi) is 5.61. The van der Waals surface area contributed by atoms with Crippen molar-refractivity contribution in [1.82, 2.24) is 4.98 Å².